The van der Waals surface area contributed by atoms with Crippen LogP contribution in [0.3, 0.4) is 0 Å². The number of ether oxygens (including phenoxy) is 2. The van der Waals surface area contributed by atoms with Crippen LogP contribution in [-0.2, 0) is 41.1 Å². The molecule has 282 valence electrons. The van der Waals surface area contributed by atoms with Gasteiger partial charge in [0.15, 0.2) is 0 Å². The van der Waals surface area contributed by atoms with Crippen LogP contribution in [-0.4, -0.2) is 92.2 Å². The second-order valence-corrected chi connectivity index (χ2v) is 17.1. The predicted octanol–water partition coefficient (Wildman–Crippen LogP) is 1.84. The molecule has 1 aromatic rings. The van der Waals surface area contributed by atoms with E-state index in [0.717, 1.165) is 42.3 Å². The number of rotatable bonds is 23. The second kappa shape index (κ2) is 22.2. The van der Waals surface area contributed by atoms with E-state index in [1.165, 1.54) is 6.42 Å². The Morgan fingerprint density at radius 2 is 1.86 bits per heavy atom. The molecule has 1 aliphatic rings. The third kappa shape index (κ3) is 18.0. The average Bonchev–Trinajstić information content (AvgIpc) is 3.41. The Labute approximate surface area is 293 Å². The smallest absolute Gasteiger partial charge is 0.369 e. The van der Waals surface area contributed by atoms with Crippen molar-refractivity contribution in [3.8, 4) is 11.8 Å². The largest absolute Gasteiger partial charge is 0.490 e. The van der Waals surface area contributed by atoms with E-state index in [1.807, 2.05) is 7.05 Å². The SMILES string of the molecule is CNCCCCCCSSCCC(=O)NCC#Cc1cn([C@H]2C[C@@H](OCN=[N+]=[N-])[C@@H](COP(=O)(O)OP(=O)(O)OP(=O)(O)O)O2)c(=O)[nH]c1=O. The number of carbonyl (C=O) groups excluding carboxylic acids is 1. The van der Waals surface area contributed by atoms with E-state index in [4.69, 9.17) is 24.8 Å². The van der Waals surface area contributed by atoms with Crippen LogP contribution >= 0.6 is 45.1 Å². The van der Waals surface area contributed by atoms with Gasteiger partial charge in [-0.25, -0.2) is 18.5 Å². The third-order valence-electron chi connectivity index (χ3n) is 6.18. The minimum atomic E-state index is -5.79. The summed E-state index contributed by atoms with van der Waals surface area (Å²) in [5.74, 6) is 6.59. The molecule has 0 saturated carbocycles. The van der Waals surface area contributed by atoms with Gasteiger partial charge in [0.05, 0.1) is 19.3 Å². The van der Waals surface area contributed by atoms with Crippen molar-refractivity contribution in [3.05, 3.63) is 43.0 Å². The number of aromatic amines is 1. The van der Waals surface area contributed by atoms with Crippen LogP contribution in [0, 0.1) is 11.8 Å². The molecule has 2 unspecified atom stereocenters. The monoisotopic (exact) mass is 809 g/mol. The molecule has 1 fully saturated rings. The summed E-state index contributed by atoms with van der Waals surface area (Å²) in [7, 11) is -11.7. The van der Waals surface area contributed by atoms with Crippen molar-refractivity contribution in [2.45, 2.75) is 57.0 Å². The van der Waals surface area contributed by atoms with Gasteiger partial charge in [-0.2, -0.15) is 8.62 Å². The number of unbranched alkanes of at least 4 members (excludes halogenated alkanes) is 3. The van der Waals surface area contributed by atoms with Crippen LogP contribution in [0.4, 0.5) is 0 Å². The number of phosphoric ester groups is 1. The fourth-order valence-corrected chi connectivity index (χ4v) is 9.22. The Morgan fingerprint density at radius 3 is 2.56 bits per heavy atom. The number of amides is 1. The lowest BCUT2D eigenvalue weighted by Gasteiger charge is -2.20. The van der Waals surface area contributed by atoms with E-state index in [-0.39, 0.29) is 30.9 Å². The van der Waals surface area contributed by atoms with Gasteiger partial charge in [0.1, 0.15) is 24.6 Å². The maximum absolute atomic E-state index is 12.6. The maximum atomic E-state index is 12.6. The standard InChI is InChI=1S/C23H38N7O15P3S2/c1-25-9-4-2-3-5-11-49-50-12-8-20(31)26-10-6-7-17-14-30(23(33)28-22(17)32)21-13-18(41-16-27-29-24)19(43-21)15-42-47(37,38)45-48(39,40)44-46(34,35)36/h14,18-19,21,25H,2-5,8-13,15-16H2,1H3,(H,26,31)(H,37,38)(H,39,40)(H,28,32,33)(H2,34,35,36)/t18-,19-,21-/m1/s1. The lowest BCUT2D eigenvalue weighted by Crippen LogP contribution is -2.34. The Balaban J connectivity index is 1.97. The van der Waals surface area contributed by atoms with Crippen LogP contribution in [0.1, 0.15) is 50.3 Å². The summed E-state index contributed by atoms with van der Waals surface area (Å²) >= 11 is 0. The molecule has 0 bridgehead atoms. The Kier molecular flexibility index (Phi) is 19.6. The van der Waals surface area contributed by atoms with Crippen molar-refractivity contribution in [1.82, 2.24) is 20.2 Å². The first kappa shape index (κ1) is 44.2. The van der Waals surface area contributed by atoms with Gasteiger partial charge in [-0.3, -0.25) is 23.7 Å². The van der Waals surface area contributed by atoms with Crippen molar-refractivity contribution >= 4 is 51.0 Å². The predicted molar refractivity (Wildman–Crippen MR) is 180 cm³/mol. The van der Waals surface area contributed by atoms with Crippen LogP contribution < -0.4 is 21.9 Å². The highest BCUT2D eigenvalue weighted by molar-refractivity contribution is 8.76. The van der Waals surface area contributed by atoms with E-state index in [9.17, 15) is 37.9 Å². The molecule has 0 spiro atoms. The minimum absolute atomic E-state index is 0.0836. The molecule has 0 aliphatic carbocycles. The van der Waals surface area contributed by atoms with Crippen molar-refractivity contribution in [2.75, 3.05) is 45.0 Å². The van der Waals surface area contributed by atoms with E-state index in [1.54, 1.807) is 21.6 Å². The number of nitrogens with one attached hydrogen (secondary N) is 3. The zero-order chi connectivity index (χ0) is 37.2. The number of hydrogen-bond donors (Lipinski definition) is 7. The zero-order valence-corrected chi connectivity index (χ0v) is 30.8. The van der Waals surface area contributed by atoms with Crippen molar-refractivity contribution in [2.24, 2.45) is 5.11 Å². The fourth-order valence-electron chi connectivity index (χ4n) is 4.05. The lowest BCUT2D eigenvalue weighted by atomic mass is 10.2. The first-order valence-corrected chi connectivity index (χ1v) is 21.6. The molecular formula is C23H38N7O15P3S2. The van der Waals surface area contributed by atoms with Crippen molar-refractivity contribution in [3.63, 3.8) is 0 Å². The molecule has 5 atom stereocenters. The normalized spacial score (nSPS) is 19.8. The van der Waals surface area contributed by atoms with Gasteiger partial charge >= 0.3 is 29.2 Å². The maximum Gasteiger partial charge on any atom is 0.490 e. The molecule has 0 aromatic carbocycles. The van der Waals surface area contributed by atoms with E-state index in [2.05, 4.69) is 50.6 Å². The molecule has 0 radical (unpaired) electrons. The van der Waals surface area contributed by atoms with E-state index >= 15 is 0 Å². The lowest BCUT2D eigenvalue weighted by molar-refractivity contribution is -0.120. The number of hydrogen-bond acceptors (Lipinski definition) is 15. The zero-order valence-electron chi connectivity index (χ0n) is 26.5. The second-order valence-electron chi connectivity index (χ2n) is 10.0. The highest BCUT2D eigenvalue weighted by Crippen LogP contribution is 2.66. The van der Waals surface area contributed by atoms with Crippen LogP contribution in [0.5, 0.6) is 0 Å². The molecule has 1 aliphatic heterocycles. The number of phosphoric acid groups is 3. The number of aromatic nitrogens is 2. The molecule has 7 N–H and O–H groups in total. The summed E-state index contributed by atoms with van der Waals surface area (Å²) in [5, 5.41) is 8.95. The molecule has 2 rings (SSSR count). The van der Waals surface area contributed by atoms with Gasteiger partial charge in [-0.1, -0.05) is 51.4 Å². The summed E-state index contributed by atoms with van der Waals surface area (Å²) in [6.07, 6.45) is 2.11. The summed E-state index contributed by atoms with van der Waals surface area (Å²) in [5.41, 5.74) is 6.60. The molecule has 1 saturated heterocycles. The topological polar surface area (TPSA) is 323 Å². The van der Waals surface area contributed by atoms with Gasteiger partial charge in [-0.05, 0) is 32.0 Å². The quantitative estimate of drug-likeness (QED) is 0.0158. The fraction of sp³-hybridized carbons (Fsp3) is 0.696. The number of nitrogens with zero attached hydrogens (tertiary/aromatic N) is 4. The first-order valence-electron chi connectivity index (χ1n) is 14.6. The number of azide groups is 1. The van der Waals surface area contributed by atoms with Crippen molar-refractivity contribution < 1.29 is 60.7 Å². The van der Waals surface area contributed by atoms with Crippen LogP contribution in [0.25, 0.3) is 10.4 Å². The van der Waals surface area contributed by atoms with Gasteiger partial charge < -0.3 is 39.7 Å². The van der Waals surface area contributed by atoms with Crippen molar-refractivity contribution in [1.29, 1.82) is 0 Å². The molecule has 1 aromatic heterocycles. The van der Waals surface area contributed by atoms with Gasteiger partial charge in [-0.15, -0.1) is 0 Å². The molecule has 22 nitrogen and oxygen atoms in total. The summed E-state index contributed by atoms with van der Waals surface area (Å²) < 4.78 is 58.5. The average molecular weight is 810 g/mol. The highest BCUT2D eigenvalue weighted by Gasteiger charge is 2.43. The number of carbonyl (C=O) groups is 1. The van der Waals surface area contributed by atoms with Gasteiger partial charge in [0.2, 0.25) is 5.91 Å². The van der Waals surface area contributed by atoms with E-state index in [0.29, 0.717) is 5.75 Å². The molecule has 1 amide bonds. The Morgan fingerprint density at radius 1 is 1.14 bits per heavy atom. The third-order valence-corrected chi connectivity index (χ3v) is 12.5. The van der Waals surface area contributed by atoms with Gasteiger partial charge in [0, 0.05) is 35.5 Å². The highest BCUT2D eigenvalue weighted by atomic mass is 33.1. The molecular weight excluding hydrogens is 771 g/mol. The molecule has 2 heterocycles. The molecule has 27 heteroatoms. The minimum Gasteiger partial charge on any atom is -0.369 e. The summed E-state index contributed by atoms with van der Waals surface area (Å²) in [6.45, 7) is -0.554. The van der Waals surface area contributed by atoms with E-state index < -0.39 is 66.5 Å². The van der Waals surface area contributed by atoms with Crippen LogP contribution in [0.15, 0.2) is 20.9 Å². The Hall–Kier alpha value is -1.99. The first-order chi connectivity index (χ1) is 23.6. The summed E-state index contributed by atoms with van der Waals surface area (Å²) in [4.78, 5) is 78.2. The molecule has 50 heavy (non-hydrogen) atoms. The van der Waals surface area contributed by atoms with Crippen LogP contribution in [0.2, 0.25) is 0 Å². The Bertz CT molecular complexity index is 1640. The number of H-pyrrole nitrogens is 1. The van der Waals surface area contributed by atoms with Gasteiger partial charge in [0.25, 0.3) is 5.56 Å². The summed E-state index contributed by atoms with van der Waals surface area (Å²) in [6, 6.07) is 0.